The highest BCUT2D eigenvalue weighted by molar-refractivity contribution is 5.19. The fourth-order valence-electron chi connectivity index (χ4n) is 1.24. The molecule has 1 nitrogen and oxygen atoms in total. The van der Waals surface area contributed by atoms with Gasteiger partial charge in [0.25, 0.3) is 0 Å². The van der Waals surface area contributed by atoms with E-state index in [1.165, 1.54) is 43.5 Å². The highest BCUT2D eigenvalue weighted by atomic mass is 14.8. The van der Waals surface area contributed by atoms with Crippen molar-refractivity contribution in [3.8, 4) is 0 Å². The number of nitrogens with one attached hydrogen (secondary N) is 1. The van der Waals surface area contributed by atoms with E-state index in [0.717, 1.165) is 0 Å². The molecule has 0 aliphatic heterocycles. The molecule has 0 aromatic heterocycles. The average Bonchev–Trinajstić information content (AvgIpc) is 2.30. The fourth-order valence-corrected chi connectivity index (χ4v) is 1.24. The zero-order valence-corrected chi connectivity index (χ0v) is 11.3. The fraction of sp³-hybridized carbons (Fsp3) is 0.600. The quantitative estimate of drug-likeness (QED) is 0.738. The zero-order valence-electron chi connectivity index (χ0n) is 11.3. The lowest BCUT2D eigenvalue weighted by molar-refractivity contribution is 0.633. The van der Waals surface area contributed by atoms with Crippen LogP contribution in [0.1, 0.15) is 44.2 Å². The predicted molar refractivity (Wildman–Crippen MR) is 74.0 cm³/mol. The summed E-state index contributed by atoms with van der Waals surface area (Å²) in [6, 6.07) is 8.48. The van der Waals surface area contributed by atoms with Gasteiger partial charge in [-0.3, -0.25) is 0 Å². The van der Waals surface area contributed by atoms with Crippen LogP contribution in [0.15, 0.2) is 24.3 Å². The van der Waals surface area contributed by atoms with E-state index in [0.29, 0.717) is 0 Å². The van der Waals surface area contributed by atoms with Gasteiger partial charge < -0.3 is 5.32 Å². The zero-order chi connectivity index (χ0) is 12.2. The second-order valence-electron chi connectivity index (χ2n) is 4.26. The molecule has 0 heterocycles. The van der Waals surface area contributed by atoms with E-state index in [-0.39, 0.29) is 0 Å². The van der Waals surface area contributed by atoms with Crippen LogP contribution in [0.2, 0.25) is 0 Å². The van der Waals surface area contributed by atoms with Crippen LogP contribution in [0.25, 0.3) is 0 Å². The maximum atomic E-state index is 3.34. The second kappa shape index (κ2) is 10.7. The van der Waals surface area contributed by atoms with E-state index < -0.39 is 0 Å². The van der Waals surface area contributed by atoms with Crippen LogP contribution < -0.4 is 5.32 Å². The Morgan fingerprint density at radius 3 is 1.69 bits per heavy atom. The molecule has 0 atom stereocenters. The molecule has 0 aliphatic carbocycles. The maximum Gasteiger partial charge on any atom is -0.00490 e. The van der Waals surface area contributed by atoms with Crippen molar-refractivity contribution >= 4 is 0 Å². The Hall–Kier alpha value is -0.820. The maximum absolute atomic E-state index is 3.34. The van der Waals surface area contributed by atoms with Crippen molar-refractivity contribution in [1.29, 1.82) is 0 Å². The van der Waals surface area contributed by atoms with Crippen LogP contribution in [0.3, 0.4) is 0 Å². The summed E-state index contributed by atoms with van der Waals surface area (Å²) in [5, 5.41) is 3.34. The van der Waals surface area contributed by atoms with E-state index in [1.54, 1.807) is 0 Å². The van der Waals surface area contributed by atoms with Crippen LogP contribution in [0, 0.1) is 13.8 Å². The molecule has 16 heavy (non-hydrogen) atoms. The Morgan fingerprint density at radius 1 is 0.812 bits per heavy atom. The van der Waals surface area contributed by atoms with Crippen molar-refractivity contribution in [3.05, 3.63) is 35.4 Å². The summed E-state index contributed by atoms with van der Waals surface area (Å²) in [5.74, 6) is 0. The smallest absolute Gasteiger partial charge is 0.00490 e. The third-order valence-corrected chi connectivity index (χ3v) is 2.35. The van der Waals surface area contributed by atoms with E-state index in [2.05, 4.69) is 57.3 Å². The monoisotopic (exact) mass is 221 g/mol. The molecule has 1 aromatic carbocycles. The van der Waals surface area contributed by atoms with E-state index in [9.17, 15) is 0 Å². The number of rotatable bonds is 5. The van der Waals surface area contributed by atoms with Gasteiger partial charge in [-0.1, -0.05) is 55.7 Å². The van der Waals surface area contributed by atoms with Crippen molar-refractivity contribution in [2.75, 3.05) is 13.1 Å². The Labute approximate surface area is 101 Å². The van der Waals surface area contributed by atoms with Crippen LogP contribution in [-0.2, 0) is 0 Å². The Bertz CT molecular complexity index is 211. The van der Waals surface area contributed by atoms with Crippen molar-refractivity contribution in [1.82, 2.24) is 5.32 Å². The van der Waals surface area contributed by atoms with Gasteiger partial charge in [-0.25, -0.2) is 0 Å². The van der Waals surface area contributed by atoms with Gasteiger partial charge in [0, 0.05) is 0 Å². The Morgan fingerprint density at radius 2 is 1.31 bits per heavy atom. The molecular formula is C15H27N. The van der Waals surface area contributed by atoms with Gasteiger partial charge in [0.1, 0.15) is 0 Å². The SMILES string of the molecule is CCCCNCCC.Cc1ccc(C)cc1. The molecule has 0 radical (unpaired) electrons. The molecular weight excluding hydrogens is 194 g/mol. The molecule has 0 bridgehead atoms. The molecule has 92 valence electrons. The first-order valence-electron chi connectivity index (χ1n) is 6.44. The summed E-state index contributed by atoms with van der Waals surface area (Å²) in [6.45, 7) is 11.0. The normalized spacial score (nSPS) is 9.50. The number of hydrogen-bond donors (Lipinski definition) is 1. The lowest BCUT2D eigenvalue weighted by atomic mass is 10.2. The molecule has 1 aromatic rings. The number of aryl methyl sites for hydroxylation is 2. The van der Waals surface area contributed by atoms with Gasteiger partial charge in [0.05, 0.1) is 0 Å². The third-order valence-electron chi connectivity index (χ3n) is 2.35. The molecule has 0 fully saturated rings. The predicted octanol–water partition coefficient (Wildman–Crippen LogP) is 4.09. The van der Waals surface area contributed by atoms with Crippen LogP contribution in [0.5, 0.6) is 0 Å². The van der Waals surface area contributed by atoms with Gasteiger partial charge in [-0.15, -0.1) is 0 Å². The summed E-state index contributed by atoms with van der Waals surface area (Å²) in [6.07, 6.45) is 3.88. The van der Waals surface area contributed by atoms with Crippen molar-refractivity contribution in [3.63, 3.8) is 0 Å². The first kappa shape index (κ1) is 15.2. The van der Waals surface area contributed by atoms with Crippen LogP contribution in [-0.4, -0.2) is 13.1 Å². The molecule has 1 rings (SSSR count). The molecule has 0 amide bonds. The molecule has 1 N–H and O–H groups in total. The summed E-state index contributed by atoms with van der Waals surface area (Å²) < 4.78 is 0. The molecule has 0 saturated carbocycles. The van der Waals surface area contributed by atoms with Gasteiger partial charge in [-0.05, 0) is 39.8 Å². The van der Waals surface area contributed by atoms with Crippen LogP contribution in [0.4, 0.5) is 0 Å². The highest BCUT2D eigenvalue weighted by Crippen LogP contribution is 1.99. The number of benzene rings is 1. The van der Waals surface area contributed by atoms with Crippen molar-refractivity contribution in [2.45, 2.75) is 47.0 Å². The van der Waals surface area contributed by atoms with Crippen LogP contribution >= 0.6 is 0 Å². The van der Waals surface area contributed by atoms with E-state index in [1.807, 2.05) is 0 Å². The summed E-state index contributed by atoms with van der Waals surface area (Å²) in [7, 11) is 0. The first-order valence-corrected chi connectivity index (χ1v) is 6.44. The summed E-state index contributed by atoms with van der Waals surface area (Å²) >= 11 is 0. The highest BCUT2D eigenvalue weighted by Gasteiger charge is 1.81. The second-order valence-corrected chi connectivity index (χ2v) is 4.26. The first-order chi connectivity index (χ1) is 7.70. The molecule has 0 spiro atoms. The topological polar surface area (TPSA) is 12.0 Å². The molecule has 0 unspecified atom stereocenters. The minimum atomic E-state index is 1.18. The van der Waals surface area contributed by atoms with Gasteiger partial charge in [0.2, 0.25) is 0 Å². The minimum absolute atomic E-state index is 1.18. The number of unbranched alkanes of at least 4 members (excludes halogenated alkanes) is 1. The van der Waals surface area contributed by atoms with E-state index in [4.69, 9.17) is 0 Å². The molecule has 0 aliphatic rings. The number of hydrogen-bond acceptors (Lipinski definition) is 1. The van der Waals surface area contributed by atoms with Gasteiger partial charge in [0.15, 0.2) is 0 Å². The third kappa shape index (κ3) is 9.72. The lowest BCUT2D eigenvalue weighted by Gasteiger charge is -1.98. The molecule has 1 heteroatoms. The Balaban J connectivity index is 0.000000281. The minimum Gasteiger partial charge on any atom is -0.317 e. The van der Waals surface area contributed by atoms with E-state index >= 15 is 0 Å². The molecule has 0 saturated heterocycles. The summed E-state index contributed by atoms with van der Waals surface area (Å²) in [5.41, 5.74) is 2.66. The van der Waals surface area contributed by atoms with Crippen molar-refractivity contribution < 1.29 is 0 Å². The summed E-state index contributed by atoms with van der Waals surface area (Å²) in [4.78, 5) is 0. The van der Waals surface area contributed by atoms with Gasteiger partial charge >= 0.3 is 0 Å². The standard InChI is InChI=1S/C8H10.C7H17N/c1-7-3-5-8(2)6-4-7;1-3-5-7-8-6-4-2/h3-6H,1-2H3;8H,3-7H2,1-2H3. The van der Waals surface area contributed by atoms with Gasteiger partial charge in [-0.2, -0.15) is 0 Å². The lowest BCUT2D eigenvalue weighted by Crippen LogP contribution is -2.15. The van der Waals surface area contributed by atoms with Crippen molar-refractivity contribution in [2.24, 2.45) is 0 Å². The largest absolute Gasteiger partial charge is 0.317 e. The average molecular weight is 221 g/mol. The Kier molecular flexibility index (Phi) is 10.1.